The Labute approximate surface area is 143 Å². The molecular formula is C15H19N5OS2. The van der Waals surface area contributed by atoms with E-state index >= 15 is 0 Å². The number of aryl methyl sites for hydroxylation is 1. The summed E-state index contributed by atoms with van der Waals surface area (Å²) in [6.07, 6.45) is 6.26. The van der Waals surface area contributed by atoms with Crippen LogP contribution in [0.1, 0.15) is 33.2 Å². The molecule has 4 rings (SSSR count). The van der Waals surface area contributed by atoms with Gasteiger partial charge in [0.15, 0.2) is 5.16 Å². The fourth-order valence-corrected chi connectivity index (χ4v) is 4.76. The summed E-state index contributed by atoms with van der Waals surface area (Å²) in [4.78, 5) is 24.2. The lowest BCUT2D eigenvalue weighted by Crippen LogP contribution is -2.22. The maximum Gasteiger partial charge on any atom is 0.263 e. The number of thiazole rings is 1. The molecule has 2 aromatic heterocycles. The number of amides is 1. The average Bonchev–Trinajstić information content (AvgIpc) is 3.29. The predicted octanol–water partition coefficient (Wildman–Crippen LogP) is 1.97. The van der Waals surface area contributed by atoms with E-state index in [0.29, 0.717) is 11.4 Å². The van der Waals surface area contributed by atoms with Crippen molar-refractivity contribution in [3.8, 4) is 0 Å². The lowest BCUT2D eigenvalue weighted by atomic mass is 10.4. The van der Waals surface area contributed by atoms with Crippen LogP contribution in [0.15, 0.2) is 17.6 Å². The Morgan fingerprint density at radius 1 is 1.30 bits per heavy atom. The number of carbonyl (C=O) groups excluding carboxylic acids is 1. The number of fused-ring (bicyclic) bond motifs is 1. The van der Waals surface area contributed by atoms with E-state index in [0.717, 1.165) is 47.8 Å². The Kier molecular flexibility index (Phi) is 4.37. The van der Waals surface area contributed by atoms with Gasteiger partial charge in [-0.15, -0.1) is 11.3 Å². The molecule has 23 heavy (non-hydrogen) atoms. The summed E-state index contributed by atoms with van der Waals surface area (Å²) < 4.78 is 2.15. The summed E-state index contributed by atoms with van der Waals surface area (Å²) in [6, 6.07) is 0. The van der Waals surface area contributed by atoms with Crippen molar-refractivity contribution in [2.24, 2.45) is 0 Å². The Bertz CT molecular complexity index is 683. The first-order valence-electron chi connectivity index (χ1n) is 7.92. The highest BCUT2D eigenvalue weighted by Crippen LogP contribution is 2.24. The van der Waals surface area contributed by atoms with Gasteiger partial charge < -0.3 is 9.88 Å². The van der Waals surface area contributed by atoms with Gasteiger partial charge in [0.2, 0.25) is 0 Å². The molecular weight excluding hydrogens is 330 g/mol. The second-order valence-corrected chi connectivity index (χ2v) is 8.02. The van der Waals surface area contributed by atoms with E-state index in [2.05, 4.69) is 24.8 Å². The van der Waals surface area contributed by atoms with Gasteiger partial charge in [-0.3, -0.25) is 9.69 Å². The Morgan fingerprint density at radius 2 is 2.17 bits per heavy atom. The maximum absolute atomic E-state index is 12.2. The van der Waals surface area contributed by atoms with E-state index in [4.69, 9.17) is 0 Å². The number of hydrogen-bond donors (Lipinski definition) is 1. The molecule has 0 radical (unpaired) electrons. The van der Waals surface area contributed by atoms with Crippen LogP contribution in [0.2, 0.25) is 0 Å². The quantitative estimate of drug-likeness (QED) is 0.894. The van der Waals surface area contributed by atoms with Crippen LogP contribution in [0.4, 0.5) is 0 Å². The van der Waals surface area contributed by atoms with Crippen molar-refractivity contribution in [3.05, 3.63) is 28.0 Å². The lowest BCUT2D eigenvalue weighted by Gasteiger charge is -2.11. The predicted molar refractivity (Wildman–Crippen MR) is 90.7 cm³/mol. The van der Waals surface area contributed by atoms with Crippen LogP contribution in [0.3, 0.4) is 0 Å². The van der Waals surface area contributed by atoms with Crippen LogP contribution >= 0.6 is 23.1 Å². The molecule has 0 aliphatic carbocycles. The number of likely N-dealkylation sites (tertiary alicyclic amines) is 1. The van der Waals surface area contributed by atoms with Crippen LogP contribution in [-0.2, 0) is 19.6 Å². The highest BCUT2D eigenvalue weighted by Gasteiger charge is 2.17. The maximum atomic E-state index is 12.2. The molecule has 2 aliphatic heterocycles. The third-order valence-corrected chi connectivity index (χ3v) is 6.07. The van der Waals surface area contributed by atoms with Crippen LogP contribution in [0.25, 0.3) is 0 Å². The second kappa shape index (κ2) is 6.62. The van der Waals surface area contributed by atoms with Crippen molar-refractivity contribution in [2.45, 2.75) is 37.6 Å². The number of imidazole rings is 1. The molecule has 0 saturated carbocycles. The zero-order valence-electron chi connectivity index (χ0n) is 12.8. The zero-order chi connectivity index (χ0) is 15.6. The topological polar surface area (TPSA) is 63.1 Å². The molecule has 2 aromatic rings. The molecule has 0 spiro atoms. The van der Waals surface area contributed by atoms with Gasteiger partial charge in [0.25, 0.3) is 5.91 Å². The van der Waals surface area contributed by atoms with Crippen LogP contribution < -0.4 is 5.32 Å². The minimum atomic E-state index is -0.0593. The van der Waals surface area contributed by atoms with Crippen molar-refractivity contribution in [1.82, 2.24) is 24.8 Å². The molecule has 0 bridgehead atoms. The molecule has 1 saturated heterocycles. The summed E-state index contributed by atoms with van der Waals surface area (Å²) in [6.45, 7) is 4.63. The molecule has 1 amide bonds. The minimum absolute atomic E-state index is 0.0593. The van der Waals surface area contributed by atoms with E-state index in [1.54, 1.807) is 18.0 Å². The largest absolute Gasteiger partial charge is 0.346 e. The fraction of sp³-hybridized carbons (Fsp3) is 0.533. The van der Waals surface area contributed by atoms with Gasteiger partial charge >= 0.3 is 0 Å². The Morgan fingerprint density at radius 3 is 3.00 bits per heavy atom. The number of aromatic nitrogens is 3. The van der Waals surface area contributed by atoms with E-state index in [-0.39, 0.29) is 5.91 Å². The van der Waals surface area contributed by atoms with Gasteiger partial charge in [-0.1, -0.05) is 11.8 Å². The third kappa shape index (κ3) is 3.44. The smallest absolute Gasteiger partial charge is 0.263 e. The van der Waals surface area contributed by atoms with Gasteiger partial charge in [0.05, 0.1) is 25.0 Å². The monoisotopic (exact) mass is 349 g/mol. The van der Waals surface area contributed by atoms with Crippen molar-refractivity contribution < 1.29 is 4.79 Å². The number of nitrogens with one attached hydrogen (secondary N) is 1. The van der Waals surface area contributed by atoms with Crippen molar-refractivity contribution in [1.29, 1.82) is 0 Å². The first-order chi connectivity index (χ1) is 11.3. The van der Waals surface area contributed by atoms with Crippen LogP contribution in [0, 0.1) is 0 Å². The molecule has 2 aliphatic rings. The number of nitrogens with zero attached hydrogens (tertiary/aromatic N) is 4. The molecule has 1 N–H and O–H groups in total. The van der Waals surface area contributed by atoms with Gasteiger partial charge in [-0.25, -0.2) is 9.97 Å². The van der Waals surface area contributed by atoms with Gasteiger partial charge in [0, 0.05) is 18.5 Å². The van der Waals surface area contributed by atoms with Crippen molar-refractivity contribution in [2.75, 3.05) is 18.8 Å². The first kappa shape index (κ1) is 15.2. The number of rotatable bonds is 5. The van der Waals surface area contributed by atoms with Crippen LogP contribution in [0.5, 0.6) is 0 Å². The van der Waals surface area contributed by atoms with Crippen molar-refractivity contribution in [3.63, 3.8) is 0 Å². The summed E-state index contributed by atoms with van der Waals surface area (Å²) >= 11 is 3.26. The number of thioether (sulfide) groups is 1. The second-order valence-electron chi connectivity index (χ2n) is 5.84. The minimum Gasteiger partial charge on any atom is -0.346 e. The molecule has 122 valence electrons. The molecule has 6 nitrogen and oxygen atoms in total. The number of hydrogen-bond acceptors (Lipinski definition) is 6. The van der Waals surface area contributed by atoms with Crippen molar-refractivity contribution >= 4 is 29.0 Å². The van der Waals surface area contributed by atoms with E-state index in [1.165, 1.54) is 24.2 Å². The fourth-order valence-electron chi connectivity index (χ4n) is 2.93. The summed E-state index contributed by atoms with van der Waals surface area (Å²) in [5.41, 5.74) is 0.919. The van der Waals surface area contributed by atoms with Crippen LogP contribution in [-0.4, -0.2) is 44.2 Å². The third-order valence-electron chi connectivity index (χ3n) is 4.12. The average molecular weight is 349 g/mol. The highest BCUT2D eigenvalue weighted by molar-refractivity contribution is 7.99. The van der Waals surface area contributed by atoms with E-state index < -0.39 is 0 Å². The van der Waals surface area contributed by atoms with Gasteiger partial charge in [-0.05, 0) is 25.9 Å². The number of carbonyl (C=O) groups is 1. The zero-order valence-corrected chi connectivity index (χ0v) is 14.5. The molecule has 1 fully saturated rings. The molecule has 0 unspecified atom stereocenters. The summed E-state index contributed by atoms with van der Waals surface area (Å²) in [7, 11) is 0. The lowest BCUT2D eigenvalue weighted by molar-refractivity contribution is 0.0954. The molecule has 4 heterocycles. The Balaban J connectivity index is 1.32. The van der Waals surface area contributed by atoms with E-state index in [9.17, 15) is 4.79 Å². The molecule has 0 aromatic carbocycles. The Hall–Kier alpha value is -1.38. The molecule has 0 atom stereocenters. The first-order valence-corrected chi connectivity index (χ1v) is 9.72. The highest BCUT2D eigenvalue weighted by atomic mass is 32.2. The normalized spacial score (nSPS) is 17.6. The standard InChI is InChI=1S/C15H19N5OS2/c21-14(17-7-11-9-20-5-6-22-15(20)18-11)12-8-16-13(23-12)10-19-3-1-2-4-19/h8-9H,1-7,10H2,(H,17,21). The summed E-state index contributed by atoms with van der Waals surface area (Å²) in [5.74, 6) is 1.03. The summed E-state index contributed by atoms with van der Waals surface area (Å²) in [5, 5.41) is 5.02. The van der Waals surface area contributed by atoms with Gasteiger partial charge in [0.1, 0.15) is 9.88 Å². The van der Waals surface area contributed by atoms with E-state index in [1.807, 2.05) is 6.20 Å². The SMILES string of the molecule is O=C(NCc1cn2c(n1)SCC2)c1cnc(CN2CCCC2)s1. The molecule has 8 heteroatoms. The van der Waals surface area contributed by atoms with Gasteiger partial charge in [-0.2, -0.15) is 0 Å².